The molecule has 13 heavy (non-hydrogen) atoms. The molecule has 0 N–H and O–H groups in total. The maximum Gasteiger partial charge on any atom is 0.144 e. The Bertz CT molecular complexity index is 161. The van der Waals surface area contributed by atoms with Crippen LogP contribution in [0.1, 0.15) is 44.9 Å². The number of quaternary nitrogens is 1. The summed E-state index contributed by atoms with van der Waals surface area (Å²) in [6.45, 7) is 4.32. The van der Waals surface area contributed by atoms with E-state index in [4.69, 9.17) is 0 Å². The number of hydrogen-bond acceptors (Lipinski definition) is 0. The topological polar surface area (TPSA) is 0 Å². The highest BCUT2D eigenvalue weighted by Crippen LogP contribution is 2.32. The van der Waals surface area contributed by atoms with Gasteiger partial charge in [-0.15, -0.1) is 0 Å². The van der Waals surface area contributed by atoms with Gasteiger partial charge in [0, 0.05) is 6.42 Å². The van der Waals surface area contributed by atoms with Crippen LogP contribution in [0.4, 0.5) is 0 Å². The first-order valence-corrected chi connectivity index (χ1v) is 6.75. The van der Waals surface area contributed by atoms with Crippen molar-refractivity contribution in [2.45, 2.75) is 49.9 Å². The maximum atomic E-state index is 3.91. The third kappa shape index (κ3) is 2.10. The van der Waals surface area contributed by atoms with Crippen LogP contribution in [-0.4, -0.2) is 29.1 Å². The van der Waals surface area contributed by atoms with Gasteiger partial charge < -0.3 is 4.48 Å². The van der Waals surface area contributed by atoms with E-state index in [0.717, 1.165) is 4.95 Å². The lowest BCUT2D eigenvalue weighted by Gasteiger charge is -2.45. The van der Waals surface area contributed by atoms with Crippen molar-refractivity contribution >= 4 is 15.9 Å². The Balaban J connectivity index is 2.05. The van der Waals surface area contributed by atoms with Crippen LogP contribution < -0.4 is 0 Å². The highest BCUT2D eigenvalue weighted by atomic mass is 79.9. The maximum absolute atomic E-state index is 3.91. The molecule has 1 atom stereocenters. The third-order valence-electron chi connectivity index (χ3n) is 3.85. The van der Waals surface area contributed by atoms with Crippen molar-refractivity contribution in [3.8, 4) is 0 Å². The normalized spacial score (nSPS) is 34.4. The van der Waals surface area contributed by atoms with E-state index in [9.17, 15) is 0 Å². The number of halogens is 1. The van der Waals surface area contributed by atoms with Crippen molar-refractivity contribution in [2.75, 3.05) is 19.6 Å². The summed E-state index contributed by atoms with van der Waals surface area (Å²) in [6.07, 6.45) is 10.2. The fraction of sp³-hybridized carbons (Fsp3) is 1.00. The Morgan fingerprint density at radius 3 is 1.92 bits per heavy atom. The van der Waals surface area contributed by atoms with E-state index in [1.807, 2.05) is 0 Å². The summed E-state index contributed by atoms with van der Waals surface area (Å²) in [7, 11) is 0. The van der Waals surface area contributed by atoms with E-state index in [1.54, 1.807) is 0 Å². The Morgan fingerprint density at radius 2 is 1.31 bits per heavy atom. The summed E-state index contributed by atoms with van der Waals surface area (Å²) in [5, 5.41) is 0. The molecule has 2 rings (SSSR count). The summed E-state index contributed by atoms with van der Waals surface area (Å²) in [5.74, 6) is 0. The second kappa shape index (κ2) is 4.31. The molecule has 2 aliphatic rings. The lowest BCUT2D eigenvalue weighted by molar-refractivity contribution is -0.939. The number of alkyl halides is 1. The van der Waals surface area contributed by atoms with Crippen LogP contribution in [0, 0.1) is 0 Å². The molecule has 2 fully saturated rings. The van der Waals surface area contributed by atoms with E-state index in [0.29, 0.717) is 0 Å². The molecule has 76 valence electrons. The highest BCUT2D eigenvalue weighted by Gasteiger charge is 2.37. The summed E-state index contributed by atoms with van der Waals surface area (Å²) >= 11 is 3.91. The first kappa shape index (κ1) is 9.97. The second-order valence-corrected chi connectivity index (χ2v) is 5.79. The van der Waals surface area contributed by atoms with Crippen molar-refractivity contribution in [1.82, 2.24) is 0 Å². The SMILES string of the molecule is BrC1CCCC[N+]12CCCCCC2. The fourth-order valence-corrected chi connectivity index (χ4v) is 3.91. The number of rotatable bonds is 0. The van der Waals surface area contributed by atoms with E-state index in [-0.39, 0.29) is 0 Å². The molecule has 1 unspecified atom stereocenters. The van der Waals surface area contributed by atoms with E-state index < -0.39 is 0 Å². The molecule has 1 spiro atoms. The van der Waals surface area contributed by atoms with E-state index in [1.165, 1.54) is 69.1 Å². The molecule has 1 nitrogen and oxygen atoms in total. The Morgan fingerprint density at radius 1 is 0.769 bits per heavy atom. The molecule has 2 aliphatic heterocycles. The zero-order valence-electron chi connectivity index (χ0n) is 8.47. The molecule has 0 bridgehead atoms. The Labute approximate surface area is 90.2 Å². The minimum absolute atomic E-state index is 0.777. The van der Waals surface area contributed by atoms with Crippen LogP contribution in [0.25, 0.3) is 0 Å². The summed E-state index contributed by atoms with van der Waals surface area (Å²) in [6, 6.07) is 0. The van der Waals surface area contributed by atoms with Crippen LogP contribution >= 0.6 is 15.9 Å². The zero-order valence-corrected chi connectivity index (χ0v) is 10.1. The lowest BCUT2D eigenvalue weighted by atomic mass is 10.1. The van der Waals surface area contributed by atoms with Crippen LogP contribution in [0.2, 0.25) is 0 Å². The molecule has 0 aliphatic carbocycles. The van der Waals surface area contributed by atoms with Crippen molar-refractivity contribution in [3.05, 3.63) is 0 Å². The minimum atomic E-state index is 0.777. The molecule has 2 heteroatoms. The molecule has 0 aromatic heterocycles. The van der Waals surface area contributed by atoms with Gasteiger partial charge in [-0.2, -0.15) is 0 Å². The Hall–Kier alpha value is 0.440. The van der Waals surface area contributed by atoms with Crippen molar-refractivity contribution in [1.29, 1.82) is 0 Å². The smallest absolute Gasteiger partial charge is 0.144 e. The molecule has 2 saturated heterocycles. The van der Waals surface area contributed by atoms with Gasteiger partial charge in [-0.25, -0.2) is 0 Å². The first-order valence-electron chi connectivity index (χ1n) is 5.83. The van der Waals surface area contributed by atoms with Gasteiger partial charge in [0.2, 0.25) is 0 Å². The average molecular weight is 247 g/mol. The molecule has 0 saturated carbocycles. The fourth-order valence-electron chi connectivity index (χ4n) is 2.98. The predicted molar refractivity (Wildman–Crippen MR) is 59.9 cm³/mol. The third-order valence-corrected chi connectivity index (χ3v) is 5.17. The molecule has 0 amide bonds. The predicted octanol–water partition coefficient (Wildman–Crippen LogP) is 3.28. The number of nitrogens with zero attached hydrogens (tertiary/aromatic N) is 1. The number of hydrogen-bond donors (Lipinski definition) is 0. The molecule has 0 radical (unpaired) electrons. The minimum Gasteiger partial charge on any atom is -0.312 e. The Kier molecular flexibility index (Phi) is 3.31. The average Bonchev–Trinajstić information content (AvgIpc) is 2.37. The molecule has 0 aromatic carbocycles. The van der Waals surface area contributed by atoms with Gasteiger partial charge in [0.25, 0.3) is 0 Å². The van der Waals surface area contributed by atoms with Crippen LogP contribution in [0.3, 0.4) is 0 Å². The van der Waals surface area contributed by atoms with Gasteiger partial charge in [-0.05, 0) is 54.5 Å². The van der Waals surface area contributed by atoms with Crippen molar-refractivity contribution in [3.63, 3.8) is 0 Å². The van der Waals surface area contributed by atoms with Gasteiger partial charge in [-0.3, -0.25) is 0 Å². The quantitative estimate of drug-likeness (QED) is 0.350. The summed E-state index contributed by atoms with van der Waals surface area (Å²) in [5.41, 5.74) is 0. The van der Waals surface area contributed by atoms with Crippen LogP contribution in [0.15, 0.2) is 0 Å². The van der Waals surface area contributed by atoms with Crippen LogP contribution in [-0.2, 0) is 0 Å². The lowest BCUT2D eigenvalue weighted by Crippen LogP contribution is -2.56. The number of piperidine rings is 1. The summed E-state index contributed by atoms with van der Waals surface area (Å²) < 4.78 is 1.40. The molecule has 0 aromatic rings. The van der Waals surface area contributed by atoms with E-state index >= 15 is 0 Å². The van der Waals surface area contributed by atoms with E-state index in [2.05, 4.69) is 15.9 Å². The van der Waals surface area contributed by atoms with Gasteiger partial charge in [0.05, 0.1) is 19.6 Å². The largest absolute Gasteiger partial charge is 0.312 e. The monoisotopic (exact) mass is 246 g/mol. The second-order valence-electron chi connectivity index (χ2n) is 4.73. The van der Waals surface area contributed by atoms with Gasteiger partial charge in [0.1, 0.15) is 4.95 Å². The van der Waals surface area contributed by atoms with Crippen molar-refractivity contribution in [2.24, 2.45) is 0 Å². The van der Waals surface area contributed by atoms with Gasteiger partial charge >= 0.3 is 0 Å². The van der Waals surface area contributed by atoms with Crippen LogP contribution in [0.5, 0.6) is 0 Å². The zero-order chi connectivity index (χ0) is 9.15. The van der Waals surface area contributed by atoms with Crippen molar-refractivity contribution < 1.29 is 4.48 Å². The summed E-state index contributed by atoms with van der Waals surface area (Å²) in [4.78, 5) is 0.777. The molecular weight excluding hydrogens is 226 g/mol. The standard InChI is InChI=1S/C11H21BrN/c12-11-7-3-6-10-13(11)8-4-1-2-5-9-13/h11H,1-10H2/q+1. The van der Waals surface area contributed by atoms with Gasteiger partial charge in [0.15, 0.2) is 0 Å². The van der Waals surface area contributed by atoms with Gasteiger partial charge in [-0.1, -0.05) is 0 Å². The first-order chi connectivity index (χ1) is 6.33. The highest BCUT2D eigenvalue weighted by molar-refractivity contribution is 9.09. The molecule has 2 heterocycles. The molecular formula is C11H21BrN+.